The molecule has 2 amide bonds. The lowest BCUT2D eigenvalue weighted by molar-refractivity contribution is -0.119. The van der Waals surface area contributed by atoms with Crippen molar-refractivity contribution in [3.8, 4) is 5.75 Å². The molecule has 3 N–H and O–H groups in total. The number of hydrogen-bond acceptors (Lipinski definition) is 5. The Morgan fingerprint density at radius 3 is 2.69 bits per heavy atom. The molecule has 1 saturated heterocycles. The van der Waals surface area contributed by atoms with Gasteiger partial charge in [0, 0.05) is 30.6 Å². The molecule has 1 fully saturated rings. The summed E-state index contributed by atoms with van der Waals surface area (Å²) in [5.41, 5.74) is 7.31. The number of pyridine rings is 1. The first-order chi connectivity index (χ1) is 12.5. The van der Waals surface area contributed by atoms with Crippen molar-refractivity contribution in [3.05, 3.63) is 35.5 Å². The molecule has 3 rings (SSSR count). The van der Waals surface area contributed by atoms with Crippen LogP contribution in [0.3, 0.4) is 0 Å². The van der Waals surface area contributed by atoms with E-state index in [0.717, 1.165) is 42.6 Å². The molecule has 0 saturated carbocycles. The van der Waals surface area contributed by atoms with Crippen molar-refractivity contribution >= 4 is 22.7 Å². The summed E-state index contributed by atoms with van der Waals surface area (Å²) in [5, 5.41) is 3.99. The molecule has 7 nitrogen and oxygen atoms in total. The molecule has 0 unspecified atom stereocenters. The van der Waals surface area contributed by atoms with Crippen LogP contribution in [0.5, 0.6) is 5.75 Å². The average molecular weight is 356 g/mol. The highest BCUT2D eigenvalue weighted by molar-refractivity contribution is 5.99. The van der Waals surface area contributed by atoms with Gasteiger partial charge in [0.15, 0.2) is 0 Å². The number of aryl methyl sites for hydroxylation is 1. The van der Waals surface area contributed by atoms with E-state index < -0.39 is 0 Å². The van der Waals surface area contributed by atoms with E-state index in [9.17, 15) is 9.59 Å². The van der Waals surface area contributed by atoms with Gasteiger partial charge in [0.05, 0.1) is 30.4 Å². The molecule has 1 aliphatic rings. The van der Waals surface area contributed by atoms with E-state index in [1.165, 1.54) is 0 Å². The maximum Gasteiger partial charge on any atom is 0.253 e. The number of fused-ring (bicyclic) bond motifs is 1. The average Bonchev–Trinajstić information content (AvgIpc) is 2.61. The number of benzene rings is 1. The van der Waals surface area contributed by atoms with Gasteiger partial charge in [0.25, 0.3) is 5.91 Å². The summed E-state index contributed by atoms with van der Waals surface area (Å²) in [7, 11) is 1.62. The number of nitrogens with one attached hydrogen (secondary N) is 1. The van der Waals surface area contributed by atoms with Crippen LogP contribution in [-0.2, 0) is 4.79 Å². The minimum absolute atomic E-state index is 0.0950. The first-order valence-corrected chi connectivity index (χ1v) is 8.73. The van der Waals surface area contributed by atoms with E-state index in [0.29, 0.717) is 11.3 Å². The SMILES string of the molecule is COc1ccc2cc(C(=O)NC3CCN(CC(N)=O)CC3)c(C)nc2c1. The Morgan fingerprint density at radius 2 is 2.04 bits per heavy atom. The van der Waals surface area contributed by atoms with Gasteiger partial charge in [-0.05, 0) is 38.0 Å². The summed E-state index contributed by atoms with van der Waals surface area (Å²) in [6.07, 6.45) is 1.60. The molecule has 2 heterocycles. The second kappa shape index (κ2) is 7.70. The van der Waals surface area contributed by atoms with Crippen LogP contribution in [0.25, 0.3) is 10.9 Å². The number of piperidine rings is 1. The van der Waals surface area contributed by atoms with Crippen molar-refractivity contribution in [1.29, 1.82) is 0 Å². The molecule has 0 aliphatic carbocycles. The number of amides is 2. The van der Waals surface area contributed by atoms with Gasteiger partial charge in [-0.25, -0.2) is 0 Å². The van der Waals surface area contributed by atoms with Crippen LogP contribution in [-0.4, -0.2) is 54.5 Å². The number of carbonyl (C=O) groups is 2. The van der Waals surface area contributed by atoms with Gasteiger partial charge in [0.1, 0.15) is 5.75 Å². The Kier molecular flexibility index (Phi) is 5.37. The van der Waals surface area contributed by atoms with Crippen molar-refractivity contribution in [2.45, 2.75) is 25.8 Å². The van der Waals surface area contributed by atoms with Crippen LogP contribution < -0.4 is 15.8 Å². The van der Waals surface area contributed by atoms with Gasteiger partial charge in [0.2, 0.25) is 5.91 Å². The highest BCUT2D eigenvalue weighted by atomic mass is 16.5. The Labute approximate surface area is 152 Å². The molecule has 1 aliphatic heterocycles. The van der Waals surface area contributed by atoms with E-state index in [1.54, 1.807) is 7.11 Å². The zero-order valence-electron chi connectivity index (χ0n) is 15.1. The minimum atomic E-state index is -0.318. The fourth-order valence-electron chi connectivity index (χ4n) is 3.32. The van der Waals surface area contributed by atoms with E-state index in [-0.39, 0.29) is 24.4 Å². The number of nitrogens with zero attached hydrogens (tertiary/aromatic N) is 2. The topological polar surface area (TPSA) is 97.5 Å². The van der Waals surface area contributed by atoms with E-state index in [1.807, 2.05) is 36.1 Å². The van der Waals surface area contributed by atoms with Gasteiger partial charge in [-0.2, -0.15) is 0 Å². The van der Waals surface area contributed by atoms with Gasteiger partial charge in [-0.15, -0.1) is 0 Å². The molecular weight excluding hydrogens is 332 g/mol. The molecule has 0 atom stereocenters. The number of nitrogens with two attached hydrogens (primary N) is 1. The van der Waals surface area contributed by atoms with Crippen molar-refractivity contribution in [2.24, 2.45) is 5.73 Å². The van der Waals surface area contributed by atoms with Crippen molar-refractivity contribution in [2.75, 3.05) is 26.7 Å². The molecule has 2 aromatic rings. The van der Waals surface area contributed by atoms with Crippen molar-refractivity contribution in [3.63, 3.8) is 0 Å². The lowest BCUT2D eigenvalue weighted by atomic mass is 10.0. The molecule has 1 aromatic heterocycles. The summed E-state index contributed by atoms with van der Waals surface area (Å²) >= 11 is 0. The standard InChI is InChI=1S/C19H24N4O3/c1-12-16(9-13-3-4-15(26-2)10-17(13)21-12)19(25)22-14-5-7-23(8-6-14)11-18(20)24/h3-4,9-10,14H,5-8,11H2,1-2H3,(H2,20,24)(H,22,25). The number of likely N-dealkylation sites (tertiary alicyclic amines) is 1. The van der Waals surface area contributed by atoms with Crippen molar-refractivity contribution < 1.29 is 14.3 Å². The van der Waals surface area contributed by atoms with Gasteiger partial charge >= 0.3 is 0 Å². The second-order valence-corrected chi connectivity index (χ2v) is 6.67. The van der Waals surface area contributed by atoms with E-state index in [2.05, 4.69) is 10.3 Å². The number of carbonyl (C=O) groups excluding carboxylic acids is 2. The second-order valence-electron chi connectivity index (χ2n) is 6.67. The molecule has 138 valence electrons. The van der Waals surface area contributed by atoms with Crippen LogP contribution >= 0.6 is 0 Å². The quantitative estimate of drug-likeness (QED) is 0.840. The van der Waals surface area contributed by atoms with Crippen LogP contribution in [0.1, 0.15) is 28.9 Å². The molecular formula is C19H24N4O3. The Balaban J connectivity index is 1.68. The molecule has 0 radical (unpaired) electrons. The summed E-state index contributed by atoms with van der Waals surface area (Å²) in [5.74, 6) is 0.312. The smallest absolute Gasteiger partial charge is 0.253 e. The summed E-state index contributed by atoms with van der Waals surface area (Å²) in [4.78, 5) is 30.2. The van der Waals surface area contributed by atoms with E-state index in [4.69, 9.17) is 10.5 Å². The summed E-state index contributed by atoms with van der Waals surface area (Å²) in [6, 6.07) is 7.58. The van der Waals surface area contributed by atoms with Gasteiger partial charge in [-0.3, -0.25) is 19.5 Å². The van der Waals surface area contributed by atoms with Crippen LogP contribution in [0.2, 0.25) is 0 Å². The Bertz CT molecular complexity index is 829. The first kappa shape index (κ1) is 18.1. The Hall–Kier alpha value is -2.67. The van der Waals surface area contributed by atoms with Gasteiger partial charge in [-0.1, -0.05) is 0 Å². The number of rotatable bonds is 5. The minimum Gasteiger partial charge on any atom is -0.497 e. The molecule has 1 aromatic carbocycles. The maximum atomic E-state index is 12.7. The normalized spacial score (nSPS) is 15.8. The fraction of sp³-hybridized carbons (Fsp3) is 0.421. The highest BCUT2D eigenvalue weighted by Crippen LogP contribution is 2.22. The number of aromatic nitrogens is 1. The summed E-state index contributed by atoms with van der Waals surface area (Å²) in [6.45, 7) is 3.62. The zero-order valence-corrected chi connectivity index (χ0v) is 15.1. The number of ether oxygens (including phenoxy) is 1. The molecule has 0 bridgehead atoms. The van der Waals surface area contributed by atoms with Crippen LogP contribution in [0.4, 0.5) is 0 Å². The fourth-order valence-corrected chi connectivity index (χ4v) is 3.32. The molecule has 26 heavy (non-hydrogen) atoms. The van der Waals surface area contributed by atoms with Crippen LogP contribution in [0, 0.1) is 6.92 Å². The number of methoxy groups -OCH3 is 1. The first-order valence-electron chi connectivity index (χ1n) is 8.73. The zero-order chi connectivity index (χ0) is 18.7. The third kappa shape index (κ3) is 4.11. The predicted octanol–water partition coefficient (Wildman–Crippen LogP) is 1.23. The van der Waals surface area contributed by atoms with Gasteiger partial charge < -0.3 is 15.8 Å². The lowest BCUT2D eigenvalue weighted by Gasteiger charge is -2.31. The highest BCUT2D eigenvalue weighted by Gasteiger charge is 2.22. The summed E-state index contributed by atoms with van der Waals surface area (Å²) < 4.78 is 5.22. The number of hydrogen-bond donors (Lipinski definition) is 2. The van der Waals surface area contributed by atoms with E-state index >= 15 is 0 Å². The lowest BCUT2D eigenvalue weighted by Crippen LogP contribution is -2.46. The number of primary amides is 1. The predicted molar refractivity (Wildman–Crippen MR) is 99.2 cm³/mol. The van der Waals surface area contributed by atoms with Crippen LogP contribution in [0.15, 0.2) is 24.3 Å². The maximum absolute atomic E-state index is 12.7. The largest absolute Gasteiger partial charge is 0.497 e. The Morgan fingerprint density at radius 1 is 1.31 bits per heavy atom. The van der Waals surface area contributed by atoms with Crippen molar-refractivity contribution in [1.82, 2.24) is 15.2 Å². The molecule has 7 heteroatoms. The molecule has 0 spiro atoms. The monoisotopic (exact) mass is 356 g/mol. The third-order valence-corrected chi connectivity index (χ3v) is 4.76. The third-order valence-electron chi connectivity index (χ3n) is 4.76.